The Balaban J connectivity index is 3.24. The largest absolute Gasteiger partial charge is 0.500 e. The number of nitro benzene ring substituents is 1. The van der Waals surface area contributed by atoms with Crippen molar-refractivity contribution in [3.63, 3.8) is 0 Å². The molecule has 0 unspecified atom stereocenters. The molecule has 6 nitrogen and oxygen atoms in total. The fourth-order valence-electron chi connectivity index (χ4n) is 1.60. The van der Waals surface area contributed by atoms with Gasteiger partial charge in [0.15, 0.2) is 5.75 Å². The summed E-state index contributed by atoms with van der Waals surface area (Å²) in [7, 11) is 1.34. The second kappa shape index (κ2) is 5.49. The molecule has 3 N–H and O–H groups in total. The van der Waals surface area contributed by atoms with Gasteiger partial charge in [-0.3, -0.25) is 10.1 Å². The lowest BCUT2D eigenvalue weighted by Crippen LogP contribution is -2.10. The Hall–Kier alpha value is -1.82. The lowest BCUT2D eigenvalue weighted by atomic mass is 10.0. The van der Waals surface area contributed by atoms with E-state index in [0.29, 0.717) is 12.0 Å². The van der Waals surface area contributed by atoms with Crippen LogP contribution in [0, 0.1) is 10.1 Å². The standard InChI is InChI=1S/C11H16N2O4/c1-3-4-8(12)7-5-9(13(15)16)11(14)10(6-7)17-2/h5-6,8,14H,3-4,12H2,1-2H3/t8-/m0/s1. The van der Waals surface area contributed by atoms with Crippen molar-refractivity contribution in [2.75, 3.05) is 7.11 Å². The highest BCUT2D eigenvalue weighted by molar-refractivity contribution is 5.57. The van der Waals surface area contributed by atoms with Crippen LogP contribution in [0.1, 0.15) is 31.4 Å². The number of methoxy groups -OCH3 is 1. The molecule has 0 bridgehead atoms. The van der Waals surface area contributed by atoms with Crippen LogP contribution >= 0.6 is 0 Å². The van der Waals surface area contributed by atoms with E-state index < -0.39 is 10.7 Å². The summed E-state index contributed by atoms with van der Waals surface area (Å²) in [6.45, 7) is 1.98. The monoisotopic (exact) mass is 240 g/mol. The number of nitrogens with zero attached hydrogens (tertiary/aromatic N) is 1. The Morgan fingerprint density at radius 1 is 1.59 bits per heavy atom. The maximum atomic E-state index is 10.8. The summed E-state index contributed by atoms with van der Waals surface area (Å²) in [5.41, 5.74) is 6.10. The summed E-state index contributed by atoms with van der Waals surface area (Å²) in [6, 6.07) is 2.52. The van der Waals surface area contributed by atoms with E-state index in [1.54, 1.807) is 0 Å². The molecule has 0 aliphatic rings. The molecule has 0 amide bonds. The van der Waals surface area contributed by atoms with Crippen LogP contribution in [0.4, 0.5) is 5.69 Å². The Kier molecular flexibility index (Phi) is 4.28. The molecule has 6 heteroatoms. The quantitative estimate of drug-likeness (QED) is 0.606. The number of hydrogen-bond donors (Lipinski definition) is 2. The summed E-state index contributed by atoms with van der Waals surface area (Å²) in [4.78, 5) is 10.1. The summed E-state index contributed by atoms with van der Waals surface area (Å²) in [6.07, 6.45) is 1.59. The van der Waals surface area contributed by atoms with Crippen molar-refractivity contribution in [1.29, 1.82) is 0 Å². The van der Waals surface area contributed by atoms with Gasteiger partial charge in [0.2, 0.25) is 5.75 Å². The predicted molar refractivity (Wildman–Crippen MR) is 63.1 cm³/mol. The third-order valence-electron chi connectivity index (χ3n) is 2.52. The predicted octanol–water partition coefficient (Wildman–Crippen LogP) is 2.11. The molecule has 1 aromatic carbocycles. The van der Waals surface area contributed by atoms with Crippen molar-refractivity contribution in [3.8, 4) is 11.5 Å². The van der Waals surface area contributed by atoms with Crippen LogP contribution in [0.2, 0.25) is 0 Å². The summed E-state index contributed by atoms with van der Waals surface area (Å²) in [5.74, 6) is -0.397. The van der Waals surface area contributed by atoms with Crippen LogP contribution in [0.25, 0.3) is 0 Å². The maximum Gasteiger partial charge on any atom is 0.314 e. The number of nitro groups is 1. The number of aromatic hydroxyl groups is 1. The van der Waals surface area contributed by atoms with Crippen molar-refractivity contribution in [1.82, 2.24) is 0 Å². The molecule has 0 heterocycles. The first kappa shape index (κ1) is 13.2. The number of hydrogen-bond acceptors (Lipinski definition) is 5. The van der Waals surface area contributed by atoms with Crippen molar-refractivity contribution >= 4 is 5.69 Å². The Labute approximate surface area is 99.2 Å². The summed E-state index contributed by atoms with van der Waals surface area (Å²) >= 11 is 0. The molecule has 94 valence electrons. The minimum atomic E-state index is -0.653. The molecule has 1 atom stereocenters. The fourth-order valence-corrected chi connectivity index (χ4v) is 1.60. The van der Waals surface area contributed by atoms with Crippen molar-refractivity contribution < 1.29 is 14.8 Å². The van der Waals surface area contributed by atoms with Crippen LogP contribution in [0.5, 0.6) is 11.5 Å². The molecule has 0 saturated heterocycles. The summed E-state index contributed by atoms with van der Waals surface area (Å²) < 4.78 is 4.89. The minimum Gasteiger partial charge on any atom is -0.500 e. The molecule has 1 aromatic rings. The van der Waals surface area contributed by atoms with Crippen LogP contribution < -0.4 is 10.5 Å². The smallest absolute Gasteiger partial charge is 0.314 e. The average Bonchev–Trinajstić information content (AvgIpc) is 2.29. The molecule has 0 radical (unpaired) electrons. The molecule has 17 heavy (non-hydrogen) atoms. The molecule has 0 fully saturated rings. The zero-order valence-corrected chi connectivity index (χ0v) is 9.84. The van der Waals surface area contributed by atoms with Crippen LogP contribution in [-0.2, 0) is 0 Å². The number of benzene rings is 1. The van der Waals surface area contributed by atoms with Crippen molar-refractivity contribution in [2.45, 2.75) is 25.8 Å². The van der Waals surface area contributed by atoms with E-state index >= 15 is 0 Å². The molecule has 0 aliphatic carbocycles. The van der Waals surface area contributed by atoms with Crippen molar-refractivity contribution in [3.05, 3.63) is 27.8 Å². The Bertz CT molecular complexity index is 420. The normalized spacial score (nSPS) is 12.2. The highest BCUT2D eigenvalue weighted by Crippen LogP contribution is 2.38. The van der Waals surface area contributed by atoms with E-state index in [0.717, 1.165) is 6.42 Å². The third-order valence-corrected chi connectivity index (χ3v) is 2.52. The first-order valence-corrected chi connectivity index (χ1v) is 5.32. The number of phenols is 1. The van der Waals surface area contributed by atoms with Gasteiger partial charge in [-0.2, -0.15) is 0 Å². The van der Waals surface area contributed by atoms with Crippen LogP contribution in [0.15, 0.2) is 12.1 Å². The van der Waals surface area contributed by atoms with Gasteiger partial charge >= 0.3 is 5.69 Å². The van der Waals surface area contributed by atoms with Gasteiger partial charge in [0.25, 0.3) is 0 Å². The van der Waals surface area contributed by atoms with Crippen LogP contribution in [0.3, 0.4) is 0 Å². The van der Waals surface area contributed by atoms with Gasteiger partial charge in [-0.25, -0.2) is 0 Å². The van der Waals surface area contributed by atoms with Crippen molar-refractivity contribution in [2.24, 2.45) is 5.73 Å². The first-order chi connectivity index (χ1) is 8.01. The lowest BCUT2D eigenvalue weighted by Gasteiger charge is -2.13. The minimum absolute atomic E-state index is 0.0701. The van der Waals surface area contributed by atoms with Gasteiger partial charge < -0.3 is 15.6 Å². The second-order valence-electron chi connectivity index (χ2n) is 3.74. The van der Waals surface area contributed by atoms with Gasteiger partial charge in [-0.05, 0) is 18.1 Å². The first-order valence-electron chi connectivity index (χ1n) is 5.32. The topological polar surface area (TPSA) is 98.6 Å². The van der Waals surface area contributed by atoms with Gasteiger partial charge in [-0.1, -0.05) is 13.3 Å². The van der Waals surface area contributed by atoms with Gasteiger partial charge in [0.05, 0.1) is 12.0 Å². The number of nitrogens with two attached hydrogens (primary N) is 1. The zero-order valence-electron chi connectivity index (χ0n) is 9.84. The van der Waals surface area contributed by atoms with Crippen LogP contribution in [-0.4, -0.2) is 17.1 Å². The molecule has 0 saturated carbocycles. The number of ether oxygens (including phenoxy) is 1. The molecule has 1 rings (SSSR count). The number of phenolic OH excluding ortho intramolecular Hbond substituents is 1. The molecule has 0 aromatic heterocycles. The third kappa shape index (κ3) is 2.85. The number of rotatable bonds is 5. The van der Waals surface area contributed by atoms with E-state index in [1.807, 2.05) is 6.92 Å². The lowest BCUT2D eigenvalue weighted by molar-refractivity contribution is -0.386. The highest BCUT2D eigenvalue weighted by atomic mass is 16.6. The molecular formula is C11H16N2O4. The SMILES string of the molecule is CCC[C@H](N)c1cc(OC)c(O)c([N+](=O)[O-])c1. The Morgan fingerprint density at radius 2 is 2.24 bits per heavy atom. The maximum absolute atomic E-state index is 10.8. The van der Waals surface area contributed by atoms with E-state index in [1.165, 1.54) is 19.2 Å². The van der Waals surface area contributed by atoms with E-state index in [9.17, 15) is 15.2 Å². The van der Waals surface area contributed by atoms with E-state index in [2.05, 4.69) is 0 Å². The Morgan fingerprint density at radius 3 is 2.71 bits per heavy atom. The zero-order chi connectivity index (χ0) is 13.0. The van der Waals surface area contributed by atoms with E-state index in [-0.39, 0.29) is 17.5 Å². The summed E-state index contributed by atoms with van der Waals surface area (Å²) in [5, 5.41) is 20.4. The fraction of sp³-hybridized carbons (Fsp3) is 0.455. The molecular weight excluding hydrogens is 224 g/mol. The van der Waals surface area contributed by atoms with Gasteiger partial charge in [-0.15, -0.1) is 0 Å². The second-order valence-corrected chi connectivity index (χ2v) is 3.74. The van der Waals surface area contributed by atoms with Gasteiger partial charge in [0.1, 0.15) is 0 Å². The molecule has 0 aliphatic heterocycles. The highest BCUT2D eigenvalue weighted by Gasteiger charge is 2.21. The average molecular weight is 240 g/mol. The van der Waals surface area contributed by atoms with E-state index in [4.69, 9.17) is 10.5 Å². The van der Waals surface area contributed by atoms with Gasteiger partial charge in [0, 0.05) is 12.1 Å². The molecule has 0 spiro atoms.